The number of carbonyl (C=O) groups is 1. The molecule has 1 fully saturated rings. The lowest BCUT2D eigenvalue weighted by molar-refractivity contribution is -0.119. The van der Waals surface area contributed by atoms with Crippen molar-refractivity contribution in [3.05, 3.63) is 24.2 Å². The van der Waals surface area contributed by atoms with E-state index in [1.165, 1.54) is 6.42 Å². The van der Waals surface area contributed by atoms with Crippen LogP contribution in [-0.2, 0) is 10.5 Å². The van der Waals surface area contributed by atoms with Gasteiger partial charge in [0.25, 0.3) is 0 Å². The highest BCUT2D eigenvalue weighted by atomic mass is 32.2. The Bertz CT molecular complexity index is 292. The van der Waals surface area contributed by atoms with E-state index in [1.807, 2.05) is 12.1 Å². The van der Waals surface area contributed by atoms with Crippen LogP contribution in [0.3, 0.4) is 0 Å². The number of rotatable bonds is 3. The van der Waals surface area contributed by atoms with Crippen molar-refractivity contribution < 1.29 is 9.21 Å². The lowest BCUT2D eigenvalue weighted by atomic mass is 9.99. The second-order valence-electron chi connectivity index (χ2n) is 3.59. The minimum Gasteiger partial charge on any atom is -0.468 e. The average molecular weight is 210 g/mol. The molecule has 0 spiro atoms. The molecule has 0 bridgehead atoms. The van der Waals surface area contributed by atoms with Crippen molar-refractivity contribution in [1.29, 1.82) is 0 Å². The predicted octanol–water partition coefficient (Wildman–Crippen LogP) is 3.02. The van der Waals surface area contributed by atoms with Crippen LogP contribution in [0.15, 0.2) is 22.8 Å². The van der Waals surface area contributed by atoms with E-state index in [1.54, 1.807) is 18.0 Å². The molecule has 0 aliphatic heterocycles. The Kier molecular flexibility index (Phi) is 3.30. The zero-order valence-corrected chi connectivity index (χ0v) is 8.89. The minimum atomic E-state index is 0.217. The monoisotopic (exact) mass is 210 g/mol. The molecule has 1 saturated carbocycles. The molecule has 1 atom stereocenters. The highest BCUT2D eigenvalue weighted by Crippen LogP contribution is 2.28. The summed E-state index contributed by atoms with van der Waals surface area (Å²) in [5.41, 5.74) is 0. The van der Waals surface area contributed by atoms with Crippen molar-refractivity contribution in [2.75, 3.05) is 0 Å². The summed E-state index contributed by atoms with van der Waals surface area (Å²) >= 11 is 1.72. The maximum Gasteiger partial charge on any atom is 0.145 e. The van der Waals surface area contributed by atoms with Gasteiger partial charge < -0.3 is 4.42 Å². The molecule has 14 heavy (non-hydrogen) atoms. The molecule has 76 valence electrons. The number of ketones is 1. The summed E-state index contributed by atoms with van der Waals surface area (Å²) in [6.07, 6.45) is 5.77. The van der Waals surface area contributed by atoms with Crippen molar-refractivity contribution in [1.82, 2.24) is 0 Å². The van der Waals surface area contributed by atoms with E-state index in [-0.39, 0.29) is 5.25 Å². The van der Waals surface area contributed by atoms with Gasteiger partial charge in [-0.05, 0) is 25.0 Å². The van der Waals surface area contributed by atoms with E-state index in [0.717, 1.165) is 30.8 Å². The van der Waals surface area contributed by atoms with Crippen molar-refractivity contribution in [3.63, 3.8) is 0 Å². The van der Waals surface area contributed by atoms with Crippen LogP contribution in [-0.4, -0.2) is 11.0 Å². The van der Waals surface area contributed by atoms with Gasteiger partial charge in [-0.15, -0.1) is 11.8 Å². The largest absolute Gasteiger partial charge is 0.468 e. The summed E-state index contributed by atoms with van der Waals surface area (Å²) in [6, 6.07) is 3.85. The van der Waals surface area contributed by atoms with E-state index in [0.29, 0.717) is 5.78 Å². The van der Waals surface area contributed by atoms with Crippen LogP contribution in [0.25, 0.3) is 0 Å². The van der Waals surface area contributed by atoms with E-state index >= 15 is 0 Å². The normalized spacial score (nSPS) is 22.6. The fourth-order valence-corrected chi connectivity index (χ4v) is 2.87. The van der Waals surface area contributed by atoms with Crippen molar-refractivity contribution in [2.24, 2.45) is 0 Å². The number of hydrogen-bond acceptors (Lipinski definition) is 3. The Morgan fingerprint density at radius 1 is 1.50 bits per heavy atom. The Morgan fingerprint density at radius 2 is 2.43 bits per heavy atom. The summed E-state index contributed by atoms with van der Waals surface area (Å²) in [5, 5.41) is 0.217. The maximum atomic E-state index is 11.5. The molecule has 1 aliphatic carbocycles. The fourth-order valence-electron chi connectivity index (χ4n) is 1.70. The van der Waals surface area contributed by atoms with Gasteiger partial charge in [-0.1, -0.05) is 6.42 Å². The first-order chi connectivity index (χ1) is 6.86. The van der Waals surface area contributed by atoms with Crippen molar-refractivity contribution in [2.45, 2.75) is 36.7 Å². The Hall–Kier alpha value is -0.700. The molecule has 1 aromatic heterocycles. The molecule has 0 saturated heterocycles. The lowest BCUT2D eigenvalue weighted by Crippen LogP contribution is -2.21. The molecule has 2 nitrogen and oxygen atoms in total. The standard InChI is InChI=1S/C11H14O2S/c12-10-5-1-2-6-11(10)14-8-9-4-3-7-13-9/h3-4,7,11H,1-2,5-6,8H2/t11-/m1/s1. The van der Waals surface area contributed by atoms with E-state index in [9.17, 15) is 4.79 Å². The van der Waals surface area contributed by atoms with E-state index in [4.69, 9.17) is 4.42 Å². The quantitative estimate of drug-likeness (QED) is 0.768. The molecule has 1 heterocycles. The molecule has 0 amide bonds. The van der Waals surface area contributed by atoms with Crippen molar-refractivity contribution in [3.8, 4) is 0 Å². The molecule has 1 aromatic rings. The Balaban J connectivity index is 1.82. The zero-order chi connectivity index (χ0) is 9.80. The van der Waals surface area contributed by atoms with Gasteiger partial charge in [-0.2, -0.15) is 0 Å². The molecule has 0 aromatic carbocycles. The molecule has 0 N–H and O–H groups in total. The number of carbonyl (C=O) groups excluding carboxylic acids is 1. The molecule has 2 rings (SSSR count). The van der Waals surface area contributed by atoms with E-state index in [2.05, 4.69) is 0 Å². The van der Waals surface area contributed by atoms with Crippen LogP contribution >= 0.6 is 11.8 Å². The smallest absolute Gasteiger partial charge is 0.145 e. The highest BCUT2D eigenvalue weighted by molar-refractivity contribution is 7.99. The van der Waals surface area contributed by atoms with Crippen LogP contribution in [0.1, 0.15) is 31.4 Å². The first kappa shape index (κ1) is 9.84. The summed E-state index contributed by atoms with van der Waals surface area (Å²) in [6.45, 7) is 0. The van der Waals surface area contributed by atoms with Crippen molar-refractivity contribution >= 4 is 17.5 Å². The van der Waals surface area contributed by atoms with Gasteiger partial charge in [0.1, 0.15) is 11.5 Å². The Morgan fingerprint density at radius 3 is 3.14 bits per heavy atom. The number of hydrogen-bond donors (Lipinski definition) is 0. The zero-order valence-electron chi connectivity index (χ0n) is 8.07. The van der Waals surface area contributed by atoms with Crippen LogP contribution in [0.4, 0.5) is 0 Å². The lowest BCUT2D eigenvalue weighted by Gasteiger charge is -2.19. The van der Waals surface area contributed by atoms with E-state index < -0.39 is 0 Å². The van der Waals surface area contributed by atoms with Crippen LogP contribution in [0.2, 0.25) is 0 Å². The molecule has 0 radical (unpaired) electrons. The first-order valence-corrected chi connectivity index (χ1v) is 6.08. The molecular formula is C11H14O2S. The predicted molar refractivity (Wildman–Crippen MR) is 57.3 cm³/mol. The summed E-state index contributed by atoms with van der Waals surface area (Å²) in [7, 11) is 0. The summed E-state index contributed by atoms with van der Waals surface area (Å²) in [4.78, 5) is 11.5. The van der Waals surface area contributed by atoms with Crippen LogP contribution < -0.4 is 0 Å². The highest BCUT2D eigenvalue weighted by Gasteiger charge is 2.22. The third-order valence-electron chi connectivity index (χ3n) is 2.51. The third-order valence-corrected chi connectivity index (χ3v) is 3.86. The van der Waals surface area contributed by atoms with Gasteiger partial charge in [0.15, 0.2) is 0 Å². The SMILES string of the molecule is O=C1CCCC[C@H]1SCc1ccco1. The second-order valence-corrected chi connectivity index (χ2v) is 4.78. The van der Waals surface area contributed by atoms with Gasteiger partial charge in [0.2, 0.25) is 0 Å². The molecule has 0 unspecified atom stereocenters. The maximum absolute atomic E-state index is 11.5. The first-order valence-electron chi connectivity index (χ1n) is 5.03. The third kappa shape index (κ3) is 2.41. The molecule has 1 aliphatic rings. The van der Waals surface area contributed by atoms with Gasteiger partial charge in [-0.25, -0.2) is 0 Å². The van der Waals surface area contributed by atoms with Gasteiger partial charge in [0.05, 0.1) is 17.3 Å². The number of furan rings is 1. The summed E-state index contributed by atoms with van der Waals surface area (Å²) in [5.74, 6) is 2.21. The molecule has 3 heteroatoms. The van der Waals surface area contributed by atoms with Gasteiger partial charge >= 0.3 is 0 Å². The average Bonchev–Trinajstić information content (AvgIpc) is 2.69. The molecular weight excluding hydrogens is 196 g/mol. The second kappa shape index (κ2) is 4.69. The van der Waals surface area contributed by atoms with Gasteiger partial charge in [0, 0.05) is 6.42 Å². The Labute approximate surface area is 88.1 Å². The number of thioether (sulfide) groups is 1. The van der Waals surface area contributed by atoms with Gasteiger partial charge in [-0.3, -0.25) is 4.79 Å². The van der Waals surface area contributed by atoms with Crippen LogP contribution in [0, 0.1) is 0 Å². The minimum absolute atomic E-state index is 0.217. The summed E-state index contributed by atoms with van der Waals surface area (Å²) < 4.78 is 5.23. The topological polar surface area (TPSA) is 30.2 Å². The number of Topliss-reactive ketones (excluding diaryl/α,β-unsaturated/α-hetero) is 1. The fraction of sp³-hybridized carbons (Fsp3) is 0.545. The van der Waals surface area contributed by atoms with Crippen LogP contribution in [0.5, 0.6) is 0 Å².